The van der Waals surface area contributed by atoms with Crippen molar-refractivity contribution in [3.8, 4) is 0 Å². The molecule has 1 aliphatic rings. The van der Waals surface area contributed by atoms with Gasteiger partial charge in [0.05, 0.1) is 31.1 Å². The van der Waals surface area contributed by atoms with Crippen LogP contribution in [0.25, 0.3) is 0 Å². The molecule has 7 nitrogen and oxygen atoms in total. The summed E-state index contributed by atoms with van der Waals surface area (Å²) < 4.78 is 44.4. The summed E-state index contributed by atoms with van der Waals surface area (Å²) in [6.07, 6.45) is -6.50. The molecule has 1 fully saturated rings. The first kappa shape index (κ1) is 21.4. The average Bonchev–Trinajstić information content (AvgIpc) is 2.71. The van der Waals surface area contributed by atoms with Gasteiger partial charge >= 0.3 is 6.18 Å². The predicted molar refractivity (Wildman–Crippen MR) is 97.0 cm³/mol. The summed E-state index contributed by atoms with van der Waals surface area (Å²) in [4.78, 5) is 7.03. The molecular formula is C19H22F3N3O4. The molecule has 3 rings (SSSR count). The van der Waals surface area contributed by atoms with Crippen LogP contribution in [-0.4, -0.2) is 62.4 Å². The van der Waals surface area contributed by atoms with Crippen LogP contribution in [0.4, 0.5) is 19.0 Å². The molecule has 0 radical (unpaired) electrons. The molecule has 5 atom stereocenters. The number of hydrogen-bond acceptors (Lipinski definition) is 7. The zero-order valence-corrected chi connectivity index (χ0v) is 15.3. The lowest BCUT2D eigenvalue weighted by atomic mass is 9.89. The highest BCUT2D eigenvalue weighted by atomic mass is 19.4. The van der Waals surface area contributed by atoms with Gasteiger partial charge in [0.25, 0.3) is 0 Å². The summed E-state index contributed by atoms with van der Waals surface area (Å²) in [5.41, 5.74) is -0.168. The standard InChI is InChI=1S/C19H22F3N3O4/c20-19(21,22)14-8-23-9-15(24-14)25-16-12(7-6-11-4-2-1-3-5-11)29-13(10-26)17(27)18(16)28/h1-5,8-9,12-13,16-18,26-28H,6-7,10H2,(H,24,25)/t12-,13-,16+,17+,18-/m1/s1. The molecule has 29 heavy (non-hydrogen) atoms. The van der Waals surface area contributed by atoms with E-state index in [0.29, 0.717) is 19.0 Å². The first-order chi connectivity index (χ1) is 13.8. The number of hydrogen-bond donors (Lipinski definition) is 4. The van der Waals surface area contributed by atoms with Crippen LogP contribution >= 0.6 is 0 Å². The van der Waals surface area contributed by atoms with Gasteiger partial charge in [-0.05, 0) is 18.4 Å². The largest absolute Gasteiger partial charge is 0.434 e. The molecule has 0 unspecified atom stereocenters. The number of nitrogens with one attached hydrogen (secondary N) is 1. The molecule has 0 aliphatic carbocycles. The third-order valence-electron chi connectivity index (χ3n) is 4.83. The number of aliphatic hydroxyl groups is 3. The second kappa shape index (κ2) is 9.04. The van der Waals surface area contributed by atoms with Crippen molar-refractivity contribution in [2.24, 2.45) is 0 Å². The van der Waals surface area contributed by atoms with Crippen molar-refractivity contribution in [2.45, 2.75) is 49.5 Å². The normalized spacial score (nSPS) is 27.6. The van der Waals surface area contributed by atoms with Crippen molar-refractivity contribution in [1.82, 2.24) is 9.97 Å². The fourth-order valence-electron chi connectivity index (χ4n) is 3.32. The van der Waals surface area contributed by atoms with Crippen molar-refractivity contribution in [1.29, 1.82) is 0 Å². The van der Waals surface area contributed by atoms with Crippen molar-refractivity contribution >= 4 is 5.82 Å². The molecule has 0 spiro atoms. The lowest BCUT2D eigenvalue weighted by molar-refractivity contribution is -0.186. The molecule has 1 aliphatic heterocycles. The highest BCUT2D eigenvalue weighted by Gasteiger charge is 2.44. The Balaban J connectivity index is 1.80. The molecule has 0 bridgehead atoms. The van der Waals surface area contributed by atoms with Crippen LogP contribution in [0.2, 0.25) is 0 Å². The summed E-state index contributed by atoms with van der Waals surface area (Å²) in [7, 11) is 0. The maximum atomic E-state index is 12.9. The summed E-state index contributed by atoms with van der Waals surface area (Å²) in [6, 6.07) is 8.50. The van der Waals surface area contributed by atoms with Crippen LogP contribution in [0.1, 0.15) is 17.7 Å². The van der Waals surface area contributed by atoms with Crippen LogP contribution in [0, 0.1) is 0 Å². The van der Waals surface area contributed by atoms with Gasteiger partial charge in [0.1, 0.15) is 24.1 Å². The molecular weight excluding hydrogens is 391 g/mol. The van der Waals surface area contributed by atoms with Crippen LogP contribution in [0.15, 0.2) is 42.7 Å². The van der Waals surface area contributed by atoms with E-state index in [-0.39, 0.29) is 5.82 Å². The molecule has 1 aromatic heterocycles. The zero-order chi connectivity index (χ0) is 21.0. The maximum Gasteiger partial charge on any atom is 0.434 e. The Morgan fingerprint density at radius 3 is 2.41 bits per heavy atom. The molecule has 0 amide bonds. The van der Waals surface area contributed by atoms with Gasteiger partial charge in [0.15, 0.2) is 5.69 Å². The fourth-order valence-corrected chi connectivity index (χ4v) is 3.32. The third-order valence-corrected chi connectivity index (χ3v) is 4.83. The molecule has 1 saturated heterocycles. The minimum Gasteiger partial charge on any atom is -0.394 e. The maximum absolute atomic E-state index is 12.9. The predicted octanol–water partition coefficient (Wildman–Crippen LogP) is 1.39. The number of nitrogens with zero attached hydrogens (tertiary/aromatic N) is 2. The molecule has 2 heterocycles. The smallest absolute Gasteiger partial charge is 0.394 e. The van der Waals surface area contributed by atoms with Crippen molar-refractivity contribution in [2.75, 3.05) is 11.9 Å². The topological polar surface area (TPSA) is 108 Å². The summed E-state index contributed by atoms with van der Waals surface area (Å²) in [6.45, 7) is -0.504. The van der Waals surface area contributed by atoms with Gasteiger partial charge in [0, 0.05) is 0 Å². The Morgan fingerprint density at radius 2 is 1.76 bits per heavy atom. The number of halogens is 3. The number of aromatic nitrogens is 2. The van der Waals surface area contributed by atoms with Gasteiger partial charge in [-0.15, -0.1) is 0 Å². The first-order valence-corrected chi connectivity index (χ1v) is 9.11. The zero-order valence-electron chi connectivity index (χ0n) is 15.3. The second-order valence-corrected chi connectivity index (χ2v) is 6.86. The number of benzene rings is 1. The van der Waals surface area contributed by atoms with Crippen LogP contribution in [0.3, 0.4) is 0 Å². The van der Waals surface area contributed by atoms with E-state index in [1.165, 1.54) is 0 Å². The van der Waals surface area contributed by atoms with Crippen molar-refractivity contribution in [3.05, 3.63) is 54.0 Å². The molecule has 2 aromatic rings. The third kappa shape index (κ3) is 5.21. The number of rotatable bonds is 6. The van der Waals surface area contributed by atoms with Crippen LogP contribution in [-0.2, 0) is 17.3 Å². The number of alkyl halides is 3. The van der Waals surface area contributed by atoms with Crippen LogP contribution < -0.4 is 5.32 Å². The van der Waals surface area contributed by atoms with E-state index in [1.54, 1.807) is 0 Å². The Hall–Kier alpha value is -2.27. The monoisotopic (exact) mass is 413 g/mol. The van der Waals surface area contributed by atoms with Gasteiger partial charge < -0.3 is 25.4 Å². The van der Waals surface area contributed by atoms with E-state index in [4.69, 9.17) is 4.74 Å². The molecule has 10 heteroatoms. The molecule has 158 valence electrons. The Labute approximate surface area is 165 Å². The van der Waals surface area contributed by atoms with Gasteiger partial charge in [0.2, 0.25) is 0 Å². The highest BCUT2D eigenvalue weighted by Crippen LogP contribution is 2.29. The highest BCUT2D eigenvalue weighted by molar-refractivity contribution is 5.35. The summed E-state index contributed by atoms with van der Waals surface area (Å²) in [5, 5.41) is 32.8. The minimum atomic E-state index is -4.67. The van der Waals surface area contributed by atoms with Gasteiger partial charge in [-0.2, -0.15) is 13.2 Å². The molecule has 0 saturated carbocycles. The quantitative estimate of drug-likeness (QED) is 0.567. The Morgan fingerprint density at radius 1 is 1.03 bits per heavy atom. The average molecular weight is 413 g/mol. The number of aliphatic hydroxyl groups excluding tert-OH is 3. The van der Waals surface area contributed by atoms with E-state index in [0.717, 1.165) is 11.8 Å². The molecule has 1 aromatic carbocycles. The summed E-state index contributed by atoms with van der Waals surface area (Å²) in [5.74, 6) is -0.202. The van der Waals surface area contributed by atoms with Gasteiger partial charge in [-0.25, -0.2) is 4.98 Å². The number of anilines is 1. The van der Waals surface area contributed by atoms with Gasteiger partial charge in [-0.3, -0.25) is 4.98 Å². The lowest BCUT2D eigenvalue weighted by Crippen LogP contribution is -2.61. The summed E-state index contributed by atoms with van der Waals surface area (Å²) >= 11 is 0. The van der Waals surface area contributed by atoms with Crippen molar-refractivity contribution in [3.63, 3.8) is 0 Å². The van der Waals surface area contributed by atoms with Crippen molar-refractivity contribution < 1.29 is 33.2 Å². The van der Waals surface area contributed by atoms with E-state index in [1.807, 2.05) is 30.3 Å². The first-order valence-electron chi connectivity index (χ1n) is 9.11. The Bertz CT molecular complexity index is 794. The Kier molecular flexibility index (Phi) is 6.68. The fraction of sp³-hybridized carbons (Fsp3) is 0.474. The minimum absolute atomic E-state index is 0.202. The van der Waals surface area contributed by atoms with Gasteiger partial charge in [-0.1, -0.05) is 30.3 Å². The number of aryl methyl sites for hydroxylation is 1. The van der Waals surface area contributed by atoms with Crippen LogP contribution in [0.5, 0.6) is 0 Å². The molecule has 4 N–H and O–H groups in total. The number of ether oxygens (including phenoxy) is 1. The van der Waals surface area contributed by atoms with E-state index in [2.05, 4.69) is 15.3 Å². The van der Waals surface area contributed by atoms with E-state index in [9.17, 15) is 28.5 Å². The van der Waals surface area contributed by atoms with E-state index >= 15 is 0 Å². The lowest BCUT2D eigenvalue weighted by Gasteiger charge is -2.43. The van der Waals surface area contributed by atoms with E-state index < -0.39 is 48.9 Å². The second-order valence-electron chi connectivity index (χ2n) is 6.86. The SMILES string of the molecule is OC[C@H]1O[C@H](CCc2ccccc2)[C@H](Nc2cncc(C(F)(F)F)n2)[C@@H](O)[C@H]1O.